The van der Waals surface area contributed by atoms with Crippen LogP contribution in [0.25, 0.3) is 71.0 Å². The molecule has 2 saturated heterocycles. The Balaban J connectivity index is 0.000000118. The molecule has 4 aliphatic carbocycles. The summed E-state index contributed by atoms with van der Waals surface area (Å²) in [5.74, 6) is 5.61. The molecule has 120 heavy (non-hydrogen) atoms. The molecule has 7 aliphatic rings. The number of ketones is 1. The van der Waals surface area contributed by atoms with Crippen LogP contribution >= 0.6 is 58.0 Å². The van der Waals surface area contributed by atoms with Gasteiger partial charge >= 0.3 is 0 Å². The summed E-state index contributed by atoms with van der Waals surface area (Å²) in [7, 11) is -0.476. The molecular weight excluding hydrogens is 1670 g/mol. The maximum atomic E-state index is 14.3. The van der Waals surface area contributed by atoms with Crippen molar-refractivity contribution in [1.29, 1.82) is 0 Å². The van der Waals surface area contributed by atoms with Crippen molar-refractivity contribution in [3.8, 4) is 18.1 Å². The standard InChI is InChI=1S/C16H18ClN3O.C16H22N2O2.C14H14ClF3N2O.C14H15ClF2N2O.C14H16ClN3OS.C14H14ClN3/c17-12-8-11-10-18-19-15(11)13(9-12)20-6-4-16(5-7-20)3-1-2-14(16)21;1-16(6-4-3-5-7-16)15(19)13-9-12(20-2)8-11-10-17-18-14(11)13;1-13(4-14(2,18)5-13)12(21)7-10(17)8(15)9(16)6-3-19-20-11(6)7;1-13(5-14(2,17)6-13)12(20)9-10(16)8(15)3-7-4-18-19-11(7)9;1-20(2,19)18-5-3-10(4-6-18)13-8-12(15)7-11-9-16-17-14(11)13;1-2-10-3-5-18(6-4-10)13-8-12(15)7-11-9-16-17-14(11)13/h8-10H,1-7H2,(H,18,19);8-10,15,19H,3-7H2,1-2H3,(H,17,18);3,12,21H,4-5H2,1-2H3,(H,19,20);3-4,12,20H,5-6H2,1-2H3,(H,18,19);3,7-9H,1,4-6H2,2H3,(H,16,17);1,7-10H,3-6H2,(H,16,17). The van der Waals surface area contributed by atoms with Gasteiger partial charge in [-0.15, -0.1) is 12.3 Å². The fourth-order valence-corrected chi connectivity index (χ4v) is 21.4. The van der Waals surface area contributed by atoms with Crippen molar-refractivity contribution in [2.24, 2.45) is 27.6 Å². The number of Topliss-reactive ketones (excluding diaryl/α,β-unsaturated/α-hetero) is 1. The Bertz CT molecular complexity index is 5960. The molecule has 6 fully saturated rings. The Morgan fingerprint density at radius 1 is 0.550 bits per heavy atom. The molecule has 4 atom stereocenters. The van der Waals surface area contributed by atoms with Crippen LogP contribution < -0.4 is 14.5 Å². The summed E-state index contributed by atoms with van der Waals surface area (Å²) in [4.78, 5) is 16.8. The van der Waals surface area contributed by atoms with E-state index in [0.717, 1.165) is 179 Å². The van der Waals surface area contributed by atoms with Gasteiger partial charge in [0.15, 0.2) is 11.6 Å². The number of hydrogen-bond acceptors (Lipinski definition) is 14. The molecule has 4 saturated carbocycles. The van der Waals surface area contributed by atoms with E-state index in [-0.39, 0.29) is 63.6 Å². The number of alkyl halides is 2. The number of H-pyrrole nitrogens is 6. The Labute approximate surface area is 717 Å². The van der Waals surface area contributed by atoms with Crippen LogP contribution in [-0.2, 0) is 14.5 Å². The maximum absolute atomic E-state index is 14.3. The lowest BCUT2D eigenvalue weighted by atomic mass is 9.58. The zero-order chi connectivity index (χ0) is 85.8. The van der Waals surface area contributed by atoms with Gasteiger partial charge in [0.1, 0.15) is 33.7 Å². The second-order valence-electron chi connectivity index (χ2n) is 34.9. The topological polar surface area (TPSA) is 286 Å². The number of aliphatic hydroxyl groups is 3. The van der Waals surface area contributed by atoms with E-state index in [1.807, 2.05) is 52.8 Å². The van der Waals surface area contributed by atoms with Gasteiger partial charge in [-0.3, -0.25) is 39.6 Å². The summed E-state index contributed by atoms with van der Waals surface area (Å²) in [6.45, 7) is 13.7. The van der Waals surface area contributed by atoms with Gasteiger partial charge < -0.3 is 29.9 Å². The normalized spacial score (nSPS) is 23.5. The van der Waals surface area contributed by atoms with E-state index >= 15 is 0 Å². The minimum atomic E-state index is -2.13. The van der Waals surface area contributed by atoms with Gasteiger partial charge in [-0.2, -0.15) is 30.6 Å². The smallest absolute Gasteiger partial charge is 0.155 e. The van der Waals surface area contributed by atoms with Gasteiger partial charge in [0, 0.05) is 148 Å². The molecule has 6 aromatic heterocycles. The van der Waals surface area contributed by atoms with Crippen molar-refractivity contribution in [1.82, 2.24) is 65.5 Å². The van der Waals surface area contributed by atoms with Crippen molar-refractivity contribution in [3.63, 3.8) is 0 Å². The average molecular weight is 1770 g/mol. The predicted molar refractivity (Wildman–Crippen MR) is 470 cm³/mol. The summed E-state index contributed by atoms with van der Waals surface area (Å²) in [6, 6.07) is 17.0. The number of ether oxygens (including phenoxy) is 1. The Kier molecular flexibility index (Phi) is 25.6. The van der Waals surface area contributed by atoms with E-state index < -0.39 is 72.7 Å². The van der Waals surface area contributed by atoms with Crippen molar-refractivity contribution in [2.45, 2.75) is 173 Å². The number of aromatic nitrogens is 12. The highest BCUT2D eigenvalue weighted by Gasteiger charge is 2.56. The molecule has 9 heterocycles. The van der Waals surface area contributed by atoms with Gasteiger partial charge in [-0.25, -0.2) is 26.3 Å². The lowest BCUT2D eigenvalue weighted by Gasteiger charge is -2.50. The molecule has 21 nitrogen and oxygen atoms in total. The summed E-state index contributed by atoms with van der Waals surface area (Å²) >= 11 is 30.1. The highest BCUT2D eigenvalue weighted by molar-refractivity contribution is 7.97. The number of terminal acetylenes is 1. The maximum Gasteiger partial charge on any atom is 0.155 e. The molecule has 0 amide bonds. The number of hydrogen-bond donors (Lipinski definition) is 9. The van der Waals surface area contributed by atoms with Crippen molar-refractivity contribution in [3.05, 3.63) is 163 Å². The van der Waals surface area contributed by atoms with Gasteiger partial charge in [-0.1, -0.05) is 104 Å². The van der Waals surface area contributed by atoms with Crippen LogP contribution in [0.4, 0.5) is 33.3 Å². The van der Waals surface area contributed by atoms with Crippen molar-refractivity contribution >= 4 is 162 Å². The molecular formula is C88H99Cl5F5N15O6S. The third-order valence-corrected chi connectivity index (χ3v) is 28.2. The van der Waals surface area contributed by atoms with Crippen LogP contribution in [-0.4, -0.2) is 161 Å². The van der Waals surface area contributed by atoms with Crippen molar-refractivity contribution < 1.29 is 51.0 Å². The number of halogens is 10. The number of methoxy groups -OCH3 is 1. The van der Waals surface area contributed by atoms with Crippen LogP contribution in [0.2, 0.25) is 25.1 Å². The largest absolute Gasteiger partial charge is 0.497 e. The van der Waals surface area contributed by atoms with E-state index in [1.54, 1.807) is 52.0 Å². The average Bonchev–Trinajstić information content (AvgIpc) is 1.11. The molecule has 1 spiro atoms. The number of nitrogens with zero attached hydrogens (tertiary/aromatic N) is 9. The second-order valence-corrected chi connectivity index (χ2v) is 39.4. The zero-order valence-corrected chi connectivity index (χ0v) is 72.5. The first-order valence-electron chi connectivity index (χ1n) is 40.3. The fraction of sp³-hybridized carbons (Fsp3) is 0.455. The number of aromatic amines is 6. The molecule has 9 N–H and O–H groups in total. The zero-order valence-electron chi connectivity index (χ0n) is 67.9. The van der Waals surface area contributed by atoms with Crippen molar-refractivity contribution in [2.75, 3.05) is 62.4 Å². The van der Waals surface area contributed by atoms with Gasteiger partial charge in [0.2, 0.25) is 0 Å². The monoisotopic (exact) mass is 1760 g/mol. The molecule has 6 aromatic carbocycles. The van der Waals surface area contributed by atoms with Gasteiger partial charge in [0.05, 0.1) is 117 Å². The number of piperidine rings is 2. The highest BCUT2D eigenvalue weighted by Crippen LogP contribution is 2.60. The summed E-state index contributed by atoms with van der Waals surface area (Å²) < 4.78 is 89.3. The fourth-order valence-electron chi connectivity index (χ4n) is 19.4. The molecule has 0 bridgehead atoms. The molecule has 0 radical (unpaired) electrons. The molecule has 32 heteroatoms. The summed E-state index contributed by atoms with van der Waals surface area (Å²) in [5.41, 5.74) is 5.51. The number of anilines is 2. The molecule has 19 rings (SSSR count). The number of carbonyl (C=O) groups is 1. The van der Waals surface area contributed by atoms with Crippen LogP contribution in [0.1, 0.15) is 184 Å². The van der Waals surface area contributed by atoms with Gasteiger partial charge in [0.25, 0.3) is 0 Å². The van der Waals surface area contributed by atoms with E-state index in [0.29, 0.717) is 34.2 Å². The molecule has 638 valence electrons. The Morgan fingerprint density at radius 3 is 1.52 bits per heavy atom. The first kappa shape index (κ1) is 87.8. The van der Waals surface area contributed by atoms with E-state index in [9.17, 15) is 46.3 Å². The quantitative estimate of drug-likeness (QED) is 0.0252. The Hall–Kier alpha value is -8.53. The van der Waals surface area contributed by atoms with Gasteiger partial charge in [-0.05, 0) is 169 Å². The summed E-state index contributed by atoms with van der Waals surface area (Å²) in [5, 5.41) is 79.3. The second kappa shape index (κ2) is 35.0. The van der Waals surface area contributed by atoms with E-state index in [4.69, 9.17) is 69.2 Å². The Morgan fingerprint density at radius 2 is 1.02 bits per heavy atom. The molecule has 4 unspecified atom stereocenters. The summed E-state index contributed by atoms with van der Waals surface area (Å²) in [6.07, 6.45) is 30.3. The van der Waals surface area contributed by atoms with E-state index in [2.05, 4.69) is 95.8 Å². The number of nitrogens with one attached hydrogen (secondary N) is 6. The number of fused-ring (bicyclic) bond motifs is 6. The minimum absolute atomic E-state index is 0.00128. The molecule has 12 aromatic rings. The predicted octanol–water partition coefficient (Wildman–Crippen LogP) is 20.7. The number of aliphatic hydroxyl groups excluding tert-OH is 3. The lowest BCUT2D eigenvalue weighted by molar-refractivity contribution is -0.126. The molecule has 3 aliphatic heterocycles. The third-order valence-electron chi connectivity index (χ3n) is 25.5. The number of benzene rings is 6. The van der Waals surface area contributed by atoms with Crippen LogP contribution in [0.5, 0.6) is 5.75 Å². The SMILES string of the molecule is C#CC1CCN(c2cc(Cl)cc3cn[nH]c23)CC1.C=S(C)(=O)N1CC=C(c2cc(Cl)cc3cn[nH]c23)CC1.CC1(F)CC(C)(C(O)c2c(F)c(Cl)c(F)c3cn[nH]c23)C1.CC1(F)CC(C)(C(O)c2c(F)c(Cl)cc3cn[nH]c23)C1.COc1cc(C(O)C2(C)CCCCC2)c2[nH]ncc2c1.O=C1CCCC12CCN(c1cc(Cl)cc3cn[nH]c13)CC2. The highest BCUT2D eigenvalue weighted by atomic mass is 35.5. The first-order chi connectivity index (χ1) is 56.9. The number of rotatable bonds is 11. The van der Waals surface area contributed by atoms with Crippen LogP contribution in [0.3, 0.4) is 0 Å². The van der Waals surface area contributed by atoms with Crippen LogP contribution in [0, 0.1) is 57.4 Å². The third kappa shape index (κ3) is 18.1. The van der Waals surface area contributed by atoms with Crippen LogP contribution in [0.15, 0.2) is 97.9 Å². The lowest BCUT2D eigenvalue weighted by Crippen LogP contribution is -2.48. The first-order valence-corrected chi connectivity index (χ1v) is 44.3. The minimum Gasteiger partial charge on any atom is -0.497 e. The number of carbonyl (C=O) groups excluding carboxylic acids is 1. The van der Waals surface area contributed by atoms with E-state index in [1.165, 1.54) is 57.1 Å².